The maximum absolute atomic E-state index is 12.6. The molecule has 3 rings (SSSR count). The van der Waals surface area contributed by atoms with Gasteiger partial charge in [0.15, 0.2) is 11.6 Å². The largest absolute Gasteiger partial charge is 0.416 e. The maximum Gasteiger partial charge on any atom is 0.416 e. The molecule has 1 aromatic heterocycles. The standard InChI is InChI=1S/C17H18F3N5O2/c1-10(21-11(2)26)15-23-22-14-9-24(7-8-25(14)15)16(27)12-3-5-13(6-4-12)17(18,19)20/h3-6,10H,7-9H2,1-2H3,(H,21,26). The number of hydrogen-bond donors (Lipinski definition) is 1. The first kappa shape index (κ1) is 18.9. The zero-order valence-corrected chi connectivity index (χ0v) is 14.7. The van der Waals surface area contributed by atoms with Crippen molar-refractivity contribution >= 4 is 11.8 Å². The van der Waals surface area contributed by atoms with E-state index in [1.165, 1.54) is 24.0 Å². The highest BCUT2D eigenvalue weighted by Gasteiger charge is 2.31. The number of alkyl halides is 3. The molecule has 0 aliphatic carbocycles. The molecule has 0 bridgehead atoms. The van der Waals surface area contributed by atoms with Crippen molar-refractivity contribution in [3.63, 3.8) is 0 Å². The zero-order valence-electron chi connectivity index (χ0n) is 14.7. The van der Waals surface area contributed by atoms with E-state index < -0.39 is 11.7 Å². The fourth-order valence-electron chi connectivity index (χ4n) is 3.03. The van der Waals surface area contributed by atoms with Gasteiger partial charge in [0.2, 0.25) is 5.91 Å². The normalized spacial score (nSPS) is 15.2. The minimum absolute atomic E-state index is 0.183. The third-order valence-corrected chi connectivity index (χ3v) is 4.34. The van der Waals surface area contributed by atoms with Crippen molar-refractivity contribution in [2.75, 3.05) is 6.54 Å². The Hall–Kier alpha value is -2.91. The van der Waals surface area contributed by atoms with Gasteiger partial charge in [-0.05, 0) is 31.2 Å². The second kappa shape index (κ2) is 7.01. The maximum atomic E-state index is 12.6. The molecular weight excluding hydrogens is 363 g/mol. The van der Waals surface area contributed by atoms with Gasteiger partial charge >= 0.3 is 6.18 Å². The summed E-state index contributed by atoms with van der Waals surface area (Å²) in [5, 5.41) is 10.9. The summed E-state index contributed by atoms with van der Waals surface area (Å²) in [6, 6.07) is 3.82. The first-order chi connectivity index (χ1) is 12.7. The van der Waals surface area contributed by atoms with E-state index in [1.807, 2.05) is 4.57 Å². The Kier molecular flexibility index (Phi) is 4.90. The van der Waals surface area contributed by atoms with Gasteiger partial charge in [-0.25, -0.2) is 0 Å². The Balaban J connectivity index is 1.73. The average Bonchev–Trinajstić information content (AvgIpc) is 3.03. The number of amides is 2. The van der Waals surface area contributed by atoms with Crippen LogP contribution in [0, 0.1) is 0 Å². The number of fused-ring (bicyclic) bond motifs is 1. The lowest BCUT2D eigenvalue weighted by Crippen LogP contribution is -2.39. The molecule has 1 atom stereocenters. The van der Waals surface area contributed by atoms with Crippen molar-refractivity contribution < 1.29 is 22.8 Å². The molecule has 0 spiro atoms. The monoisotopic (exact) mass is 381 g/mol. The number of carbonyl (C=O) groups is 2. The molecule has 27 heavy (non-hydrogen) atoms. The summed E-state index contributed by atoms with van der Waals surface area (Å²) in [6.45, 7) is 4.20. The van der Waals surface area contributed by atoms with E-state index in [0.29, 0.717) is 24.7 Å². The number of halogens is 3. The predicted octanol–water partition coefficient (Wildman–Crippen LogP) is 2.15. The summed E-state index contributed by atoms with van der Waals surface area (Å²) in [5.74, 6) is 0.611. The Morgan fingerprint density at radius 1 is 1.15 bits per heavy atom. The summed E-state index contributed by atoms with van der Waals surface area (Å²) in [5.41, 5.74) is -0.614. The lowest BCUT2D eigenvalue weighted by molar-refractivity contribution is -0.137. The van der Waals surface area contributed by atoms with Gasteiger partial charge in [0.25, 0.3) is 5.91 Å². The first-order valence-corrected chi connectivity index (χ1v) is 8.32. The molecule has 1 unspecified atom stereocenters. The van der Waals surface area contributed by atoms with Crippen LogP contribution in [0.5, 0.6) is 0 Å². The molecule has 2 aromatic rings. The molecule has 0 saturated heterocycles. The van der Waals surface area contributed by atoms with Gasteiger partial charge < -0.3 is 14.8 Å². The summed E-state index contributed by atoms with van der Waals surface area (Å²) >= 11 is 0. The van der Waals surface area contributed by atoms with Crippen LogP contribution in [-0.4, -0.2) is 38.0 Å². The molecule has 0 saturated carbocycles. The van der Waals surface area contributed by atoms with Crippen molar-refractivity contribution in [2.24, 2.45) is 0 Å². The van der Waals surface area contributed by atoms with Crippen molar-refractivity contribution in [3.8, 4) is 0 Å². The van der Waals surface area contributed by atoms with E-state index in [0.717, 1.165) is 12.1 Å². The van der Waals surface area contributed by atoms with Crippen molar-refractivity contribution in [1.29, 1.82) is 0 Å². The summed E-state index contributed by atoms with van der Waals surface area (Å²) in [7, 11) is 0. The van der Waals surface area contributed by atoms with Crippen LogP contribution in [0.25, 0.3) is 0 Å². The molecule has 1 N–H and O–H groups in total. The van der Waals surface area contributed by atoms with Crippen LogP contribution in [0.3, 0.4) is 0 Å². The third kappa shape index (κ3) is 3.93. The topological polar surface area (TPSA) is 80.1 Å². The van der Waals surface area contributed by atoms with E-state index >= 15 is 0 Å². The molecule has 144 valence electrons. The van der Waals surface area contributed by atoms with Crippen LogP contribution in [0.15, 0.2) is 24.3 Å². The molecule has 2 amide bonds. The minimum Gasteiger partial charge on any atom is -0.347 e. The quantitative estimate of drug-likeness (QED) is 0.884. The molecule has 1 aromatic carbocycles. The first-order valence-electron chi connectivity index (χ1n) is 8.32. The van der Waals surface area contributed by atoms with Gasteiger partial charge in [-0.1, -0.05) is 0 Å². The second-order valence-corrected chi connectivity index (χ2v) is 6.35. The fourth-order valence-corrected chi connectivity index (χ4v) is 3.03. The van der Waals surface area contributed by atoms with Crippen LogP contribution in [0.4, 0.5) is 13.2 Å². The van der Waals surface area contributed by atoms with Crippen LogP contribution in [0.1, 0.15) is 47.5 Å². The van der Waals surface area contributed by atoms with Crippen molar-refractivity contribution in [2.45, 2.75) is 39.2 Å². The second-order valence-electron chi connectivity index (χ2n) is 6.35. The van der Waals surface area contributed by atoms with Crippen LogP contribution < -0.4 is 5.32 Å². The van der Waals surface area contributed by atoms with Gasteiger partial charge in [-0.2, -0.15) is 13.2 Å². The number of aromatic nitrogens is 3. The van der Waals surface area contributed by atoms with E-state index in [2.05, 4.69) is 15.5 Å². The van der Waals surface area contributed by atoms with E-state index in [-0.39, 0.29) is 30.0 Å². The Labute approximate surface area is 153 Å². The highest BCUT2D eigenvalue weighted by Crippen LogP contribution is 2.29. The number of carbonyl (C=O) groups excluding carboxylic acids is 2. The number of nitrogens with zero attached hydrogens (tertiary/aromatic N) is 4. The van der Waals surface area contributed by atoms with E-state index in [1.54, 1.807) is 6.92 Å². The highest BCUT2D eigenvalue weighted by molar-refractivity contribution is 5.94. The highest BCUT2D eigenvalue weighted by atomic mass is 19.4. The summed E-state index contributed by atoms with van der Waals surface area (Å²) in [6.07, 6.45) is -4.44. The minimum atomic E-state index is -4.44. The molecular formula is C17H18F3N5O2. The zero-order chi connectivity index (χ0) is 19.8. The Morgan fingerprint density at radius 3 is 2.41 bits per heavy atom. The summed E-state index contributed by atoms with van der Waals surface area (Å²) < 4.78 is 39.8. The number of nitrogens with one attached hydrogen (secondary N) is 1. The molecule has 0 fully saturated rings. The number of rotatable bonds is 3. The van der Waals surface area contributed by atoms with Gasteiger partial charge in [0.1, 0.15) is 0 Å². The van der Waals surface area contributed by atoms with Gasteiger partial charge in [0, 0.05) is 25.6 Å². The lowest BCUT2D eigenvalue weighted by atomic mass is 10.1. The van der Waals surface area contributed by atoms with Crippen LogP contribution >= 0.6 is 0 Å². The molecule has 1 aliphatic rings. The van der Waals surface area contributed by atoms with Gasteiger partial charge in [-0.15, -0.1) is 10.2 Å². The van der Waals surface area contributed by atoms with Crippen LogP contribution in [-0.2, 0) is 24.1 Å². The van der Waals surface area contributed by atoms with Crippen LogP contribution in [0.2, 0.25) is 0 Å². The molecule has 7 nitrogen and oxygen atoms in total. The smallest absolute Gasteiger partial charge is 0.347 e. The summed E-state index contributed by atoms with van der Waals surface area (Å²) in [4.78, 5) is 25.3. The molecule has 1 aliphatic heterocycles. The number of benzene rings is 1. The number of hydrogen-bond acceptors (Lipinski definition) is 4. The third-order valence-electron chi connectivity index (χ3n) is 4.34. The average molecular weight is 381 g/mol. The Bertz CT molecular complexity index is 860. The fraction of sp³-hybridized carbons (Fsp3) is 0.412. The van der Waals surface area contributed by atoms with Crippen molar-refractivity contribution in [1.82, 2.24) is 25.0 Å². The molecule has 0 radical (unpaired) electrons. The lowest BCUT2D eigenvalue weighted by Gasteiger charge is -2.28. The van der Waals surface area contributed by atoms with Gasteiger partial charge in [-0.3, -0.25) is 9.59 Å². The van der Waals surface area contributed by atoms with E-state index in [9.17, 15) is 22.8 Å². The molecule has 10 heteroatoms. The van der Waals surface area contributed by atoms with Crippen molar-refractivity contribution in [3.05, 3.63) is 47.0 Å². The predicted molar refractivity (Wildman–Crippen MR) is 88.4 cm³/mol. The SMILES string of the molecule is CC(=O)NC(C)c1nnc2n1CCN(C(=O)c1ccc(C(F)(F)F)cc1)C2. The Morgan fingerprint density at radius 2 is 1.81 bits per heavy atom. The van der Waals surface area contributed by atoms with E-state index in [4.69, 9.17) is 0 Å². The molecule has 2 heterocycles. The van der Waals surface area contributed by atoms with Gasteiger partial charge in [0.05, 0.1) is 18.2 Å².